The number of nitrogens with zero attached hydrogens (tertiary/aromatic N) is 1. The Labute approximate surface area is 157 Å². The van der Waals surface area contributed by atoms with Crippen molar-refractivity contribution in [3.8, 4) is 11.3 Å². The average molecular weight is 345 g/mol. The third-order valence-corrected chi connectivity index (χ3v) is 6.38. The van der Waals surface area contributed by atoms with Crippen LogP contribution in [0.4, 0.5) is 0 Å². The van der Waals surface area contributed by atoms with E-state index in [1.165, 1.54) is 71.0 Å². The van der Waals surface area contributed by atoms with Crippen LogP contribution in [0.5, 0.6) is 0 Å². The average Bonchev–Trinajstić information content (AvgIpc) is 2.66. The van der Waals surface area contributed by atoms with Gasteiger partial charge in [-0.2, -0.15) is 4.57 Å². The number of pyridine rings is 1. The van der Waals surface area contributed by atoms with Crippen molar-refractivity contribution >= 4 is 10.9 Å². The second-order valence-corrected chi connectivity index (χ2v) is 8.15. The molecule has 1 nitrogen and oxygen atoms in total. The van der Waals surface area contributed by atoms with E-state index in [1.54, 1.807) is 5.56 Å². The first kappa shape index (κ1) is 17.3. The summed E-state index contributed by atoms with van der Waals surface area (Å²) in [5, 5.41) is 1.44. The molecule has 0 radical (unpaired) electrons. The number of hydrogen-bond donors (Lipinski definition) is 0. The predicted molar refractivity (Wildman–Crippen MR) is 111 cm³/mol. The van der Waals surface area contributed by atoms with Crippen molar-refractivity contribution in [3.05, 3.63) is 64.7 Å². The highest BCUT2D eigenvalue weighted by atomic mass is 14.9. The molecular formula is C25H30N+. The van der Waals surface area contributed by atoms with Gasteiger partial charge < -0.3 is 0 Å². The van der Waals surface area contributed by atoms with Crippen LogP contribution in [0.1, 0.15) is 60.3 Å². The maximum atomic E-state index is 2.39. The summed E-state index contributed by atoms with van der Waals surface area (Å²) in [5.74, 6) is 0.737. The van der Waals surface area contributed by atoms with Crippen LogP contribution in [0.2, 0.25) is 0 Å². The summed E-state index contributed by atoms with van der Waals surface area (Å²) in [6.45, 7) is 6.65. The maximum absolute atomic E-state index is 2.39. The van der Waals surface area contributed by atoms with Gasteiger partial charge in [-0.05, 0) is 68.4 Å². The van der Waals surface area contributed by atoms with Crippen LogP contribution in [-0.2, 0) is 7.05 Å². The van der Waals surface area contributed by atoms with Crippen molar-refractivity contribution in [2.24, 2.45) is 7.05 Å². The Hall–Kier alpha value is -2.15. The highest BCUT2D eigenvalue weighted by molar-refractivity contribution is 5.82. The minimum absolute atomic E-state index is 0.737. The molecule has 1 aromatic heterocycles. The second kappa shape index (κ2) is 6.87. The van der Waals surface area contributed by atoms with Gasteiger partial charge in [-0.1, -0.05) is 43.0 Å². The van der Waals surface area contributed by atoms with E-state index < -0.39 is 0 Å². The Morgan fingerprint density at radius 1 is 0.885 bits per heavy atom. The lowest BCUT2D eigenvalue weighted by atomic mass is 9.82. The maximum Gasteiger partial charge on any atom is 0.213 e. The third kappa shape index (κ3) is 2.94. The molecule has 1 fully saturated rings. The Morgan fingerprint density at radius 3 is 2.42 bits per heavy atom. The van der Waals surface area contributed by atoms with Crippen LogP contribution in [-0.4, -0.2) is 0 Å². The summed E-state index contributed by atoms with van der Waals surface area (Å²) in [6.07, 6.45) is 6.87. The Bertz CT molecular complexity index is 962. The van der Waals surface area contributed by atoms with E-state index >= 15 is 0 Å². The van der Waals surface area contributed by atoms with E-state index in [0.717, 1.165) is 5.92 Å². The topological polar surface area (TPSA) is 3.88 Å². The van der Waals surface area contributed by atoms with Crippen molar-refractivity contribution in [2.45, 2.75) is 58.8 Å². The molecule has 2 aromatic carbocycles. The van der Waals surface area contributed by atoms with Crippen LogP contribution >= 0.6 is 0 Å². The molecule has 1 heterocycles. The molecule has 1 saturated carbocycles. The van der Waals surface area contributed by atoms with Gasteiger partial charge in [0.05, 0.1) is 0 Å². The van der Waals surface area contributed by atoms with E-state index in [2.05, 4.69) is 74.9 Å². The predicted octanol–water partition coefficient (Wildman–Crippen LogP) is 6.30. The molecule has 1 heteroatoms. The molecule has 134 valence electrons. The molecule has 0 atom stereocenters. The molecule has 0 amide bonds. The first-order valence-electron chi connectivity index (χ1n) is 10.1. The van der Waals surface area contributed by atoms with E-state index in [4.69, 9.17) is 0 Å². The fraction of sp³-hybridized carbons (Fsp3) is 0.400. The van der Waals surface area contributed by atoms with E-state index in [1.807, 2.05) is 0 Å². The van der Waals surface area contributed by atoms with E-state index in [9.17, 15) is 0 Å². The Balaban J connectivity index is 1.89. The normalized spacial score (nSPS) is 15.5. The summed E-state index contributed by atoms with van der Waals surface area (Å²) >= 11 is 0. The molecule has 0 N–H and O–H groups in total. The Morgan fingerprint density at radius 2 is 1.65 bits per heavy atom. The highest BCUT2D eigenvalue weighted by Gasteiger charge is 2.22. The van der Waals surface area contributed by atoms with Gasteiger partial charge in [-0.3, -0.25) is 0 Å². The zero-order valence-corrected chi connectivity index (χ0v) is 16.6. The molecule has 0 aliphatic heterocycles. The summed E-state index contributed by atoms with van der Waals surface area (Å²) in [5.41, 5.74) is 9.66. The van der Waals surface area contributed by atoms with Crippen molar-refractivity contribution in [2.75, 3.05) is 0 Å². The molecule has 26 heavy (non-hydrogen) atoms. The van der Waals surface area contributed by atoms with Gasteiger partial charge >= 0.3 is 0 Å². The van der Waals surface area contributed by atoms with Gasteiger partial charge in [-0.25, -0.2) is 0 Å². The summed E-state index contributed by atoms with van der Waals surface area (Å²) in [6, 6.07) is 16.2. The largest absolute Gasteiger partial charge is 0.213 e. The summed E-state index contributed by atoms with van der Waals surface area (Å²) in [7, 11) is 2.22. The van der Waals surface area contributed by atoms with Gasteiger partial charge in [-0.15, -0.1) is 0 Å². The standard InChI is InChI=1S/C25H30N/c1-17-15-18(2)19(3)23(16-17)25-14-13-22-21(20-9-6-5-7-10-20)11-8-12-24(22)26(25)4/h8,11-16,20H,5-7,9-10H2,1-4H3/q+1. The lowest BCUT2D eigenvalue weighted by molar-refractivity contribution is -0.633. The number of aromatic nitrogens is 1. The summed E-state index contributed by atoms with van der Waals surface area (Å²) < 4.78 is 2.39. The fourth-order valence-electron chi connectivity index (χ4n) is 4.79. The third-order valence-electron chi connectivity index (χ3n) is 6.38. The first-order valence-corrected chi connectivity index (χ1v) is 10.1. The van der Waals surface area contributed by atoms with Crippen LogP contribution in [0.15, 0.2) is 42.5 Å². The van der Waals surface area contributed by atoms with Crippen molar-refractivity contribution in [1.82, 2.24) is 0 Å². The lowest BCUT2D eigenvalue weighted by Crippen LogP contribution is -2.32. The van der Waals surface area contributed by atoms with Crippen LogP contribution in [0, 0.1) is 20.8 Å². The van der Waals surface area contributed by atoms with Crippen molar-refractivity contribution in [1.29, 1.82) is 0 Å². The van der Waals surface area contributed by atoms with E-state index in [-0.39, 0.29) is 0 Å². The lowest BCUT2D eigenvalue weighted by Gasteiger charge is -2.23. The Kier molecular flexibility index (Phi) is 4.56. The first-order chi connectivity index (χ1) is 12.6. The second-order valence-electron chi connectivity index (χ2n) is 8.15. The zero-order chi connectivity index (χ0) is 18.3. The monoisotopic (exact) mass is 344 g/mol. The molecule has 0 bridgehead atoms. The number of hydrogen-bond acceptors (Lipinski definition) is 0. The fourth-order valence-corrected chi connectivity index (χ4v) is 4.79. The highest BCUT2D eigenvalue weighted by Crippen LogP contribution is 2.36. The minimum atomic E-state index is 0.737. The smallest absolute Gasteiger partial charge is 0.194 e. The number of benzene rings is 2. The van der Waals surface area contributed by atoms with Gasteiger partial charge in [0.2, 0.25) is 11.2 Å². The van der Waals surface area contributed by atoms with Crippen LogP contribution < -0.4 is 4.57 Å². The molecular weight excluding hydrogens is 314 g/mol. The molecule has 1 aliphatic rings. The van der Waals surface area contributed by atoms with Gasteiger partial charge in [0.25, 0.3) is 0 Å². The molecule has 3 aromatic rings. The van der Waals surface area contributed by atoms with Crippen LogP contribution in [0.25, 0.3) is 22.2 Å². The van der Waals surface area contributed by atoms with Crippen LogP contribution in [0.3, 0.4) is 0 Å². The number of aryl methyl sites for hydroxylation is 3. The number of fused-ring (bicyclic) bond motifs is 1. The van der Waals surface area contributed by atoms with Gasteiger partial charge in [0.15, 0.2) is 0 Å². The van der Waals surface area contributed by atoms with Gasteiger partial charge in [0, 0.05) is 23.1 Å². The molecule has 0 saturated heterocycles. The number of rotatable bonds is 2. The van der Waals surface area contributed by atoms with Crippen molar-refractivity contribution in [3.63, 3.8) is 0 Å². The SMILES string of the molecule is Cc1cc(C)c(C)c(-c2ccc3c(C4CCCCC4)cccc3[n+]2C)c1. The van der Waals surface area contributed by atoms with Crippen molar-refractivity contribution < 1.29 is 4.57 Å². The molecule has 1 aliphatic carbocycles. The molecule has 0 unspecified atom stereocenters. The summed E-state index contributed by atoms with van der Waals surface area (Å²) in [4.78, 5) is 0. The zero-order valence-electron chi connectivity index (χ0n) is 16.6. The quantitative estimate of drug-likeness (QED) is 0.480. The molecule has 4 rings (SSSR count). The minimum Gasteiger partial charge on any atom is -0.194 e. The van der Waals surface area contributed by atoms with Gasteiger partial charge in [0.1, 0.15) is 7.05 Å². The molecule has 0 spiro atoms. The van der Waals surface area contributed by atoms with E-state index in [0.29, 0.717) is 0 Å².